The Labute approximate surface area is 93.5 Å². The first-order chi connectivity index (χ1) is 5.33. The molecule has 3 nitrogen and oxygen atoms in total. The van der Waals surface area contributed by atoms with Crippen LogP contribution in [0.1, 0.15) is 19.4 Å². The fraction of sp³-hybridized carbons (Fsp3) is 0.333. The summed E-state index contributed by atoms with van der Waals surface area (Å²) in [6.45, 7) is 4.53. The van der Waals surface area contributed by atoms with Crippen LogP contribution >= 0.6 is 0 Å². The second-order valence-corrected chi connectivity index (χ2v) is 1.87. The number of hydrogen-bond acceptors (Lipinski definition) is 2. The van der Waals surface area contributed by atoms with E-state index in [1.807, 2.05) is 13.8 Å². The molecule has 0 saturated carbocycles. The van der Waals surface area contributed by atoms with Gasteiger partial charge in [-0.15, -0.1) is 0 Å². The van der Waals surface area contributed by atoms with Crippen LogP contribution in [0.4, 0.5) is 0 Å². The van der Waals surface area contributed by atoms with E-state index in [0.29, 0.717) is 6.54 Å². The molecule has 0 amide bonds. The molecule has 0 fully saturated rings. The van der Waals surface area contributed by atoms with Gasteiger partial charge in [0, 0.05) is 27.6 Å². The van der Waals surface area contributed by atoms with Crippen LogP contribution in [0.2, 0.25) is 0 Å². The first kappa shape index (κ1) is 18.4. The van der Waals surface area contributed by atoms with E-state index in [-0.39, 0.29) is 32.3 Å². The second-order valence-electron chi connectivity index (χ2n) is 1.87. The predicted octanol–water partition coefficient (Wildman–Crippen LogP) is 1.05. The van der Waals surface area contributed by atoms with Gasteiger partial charge in [0.25, 0.3) is 0 Å². The molecule has 0 aromatic heterocycles. The fourth-order valence-corrected chi connectivity index (χ4v) is 0.632. The van der Waals surface area contributed by atoms with Crippen LogP contribution in [0.25, 0.3) is 0 Å². The zero-order chi connectivity index (χ0) is 8.69. The smallest absolute Gasteiger partial charge is 0.115 e. The summed E-state index contributed by atoms with van der Waals surface area (Å²) >= 11 is 0. The van der Waals surface area contributed by atoms with Crippen molar-refractivity contribution in [1.29, 1.82) is 0 Å². The first-order valence-corrected chi connectivity index (χ1v) is 3.81. The maximum Gasteiger partial charge on any atom is 0.115 e. The number of phenols is 1. The number of aromatic hydroxyl groups is 1. The van der Waals surface area contributed by atoms with E-state index < -0.39 is 0 Å². The van der Waals surface area contributed by atoms with Crippen LogP contribution in [0.3, 0.4) is 0 Å². The molecule has 4 heteroatoms. The minimum absolute atomic E-state index is 0. The molecule has 0 aliphatic rings. The van der Waals surface area contributed by atoms with Crippen molar-refractivity contribution in [2.45, 2.75) is 20.4 Å². The topological polar surface area (TPSA) is 77.8 Å². The van der Waals surface area contributed by atoms with Crippen molar-refractivity contribution in [3.8, 4) is 5.75 Å². The zero-order valence-electron chi connectivity index (χ0n) is 7.95. The van der Waals surface area contributed by atoms with Crippen molar-refractivity contribution in [1.82, 2.24) is 0 Å². The Morgan fingerprint density at radius 1 is 1.15 bits per heavy atom. The molecule has 1 rings (SSSR count). The number of rotatable bonds is 1. The molecule has 13 heavy (non-hydrogen) atoms. The van der Waals surface area contributed by atoms with Crippen LogP contribution < -0.4 is 5.73 Å². The van der Waals surface area contributed by atoms with E-state index in [2.05, 4.69) is 0 Å². The van der Waals surface area contributed by atoms with E-state index in [0.717, 1.165) is 5.56 Å². The molecule has 0 aliphatic carbocycles. The quantitative estimate of drug-likeness (QED) is 0.790. The van der Waals surface area contributed by atoms with E-state index in [4.69, 9.17) is 10.8 Å². The van der Waals surface area contributed by atoms with E-state index in [9.17, 15) is 0 Å². The molecular formula is C9H17NO2W. The summed E-state index contributed by atoms with van der Waals surface area (Å²) in [7, 11) is 0. The standard InChI is InChI=1S/C7H9NO.C2H6.H2O.W/c8-5-6-1-3-7(9)4-2-6;1-2;;/h1-4,9H,5,8H2;1-2H3;1H2;. The summed E-state index contributed by atoms with van der Waals surface area (Å²) in [6.07, 6.45) is 0. The van der Waals surface area contributed by atoms with Crippen molar-refractivity contribution < 1.29 is 31.6 Å². The fourth-order valence-electron chi connectivity index (χ4n) is 0.632. The number of phenolic OH excluding ortho intramolecular Hbond substituents is 1. The summed E-state index contributed by atoms with van der Waals surface area (Å²) < 4.78 is 0. The maximum absolute atomic E-state index is 8.81. The number of benzene rings is 1. The largest absolute Gasteiger partial charge is 0.508 e. The Kier molecular flexibility index (Phi) is 16.5. The predicted molar refractivity (Wildman–Crippen MR) is 51.0 cm³/mol. The van der Waals surface area contributed by atoms with Gasteiger partial charge in [0.2, 0.25) is 0 Å². The summed E-state index contributed by atoms with van der Waals surface area (Å²) in [5.41, 5.74) is 6.35. The van der Waals surface area contributed by atoms with Crippen LogP contribution in [0.15, 0.2) is 24.3 Å². The normalized spacial score (nSPS) is 7.00. The molecular weight excluding hydrogens is 338 g/mol. The average molecular weight is 355 g/mol. The van der Waals surface area contributed by atoms with Crippen LogP contribution in [-0.4, -0.2) is 10.6 Å². The second kappa shape index (κ2) is 11.6. The number of nitrogens with two attached hydrogens (primary N) is 1. The molecule has 0 saturated heterocycles. The molecule has 1 aromatic carbocycles. The van der Waals surface area contributed by atoms with Gasteiger partial charge in [-0.1, -0.05) is 26.0 Å². The van der Waals surface area contributed by atoms with Crippen molar-refractivity contribution in [3.63, 3.8) is 0 Å². The van der Waals surface area contributed by atoms with E-state index in [1.165, 1.54) is 0 Å². The molecule has 0 unspecified atom stereocenters. The summed E-state index contributed by atoms with van der Waals surface area (Å²) in [5.74, 6) is 0.284. The summed E-state index contributed by atoms with van der Waals surface area (Å²) in [4.78, 5) is 0. The van der Waals surface area contributed by atoms with Gasteiger partial charge < -0.3 is 16.3 Å². The van der Waals surface area contributed by atoms with Gasteiger partial charge in [0.05, 0.1) is 0 Å². The third kappa shape index (κ3) is 7.97. The third-order valence-electron chi connectivity index (χ3n) is 1.17. The van der Waals surface area contributed by atoms with E-state index in [1.54, 1.807) is 24.3 Å². The molecule has 0 spiro atoms. The van der Waals surface area contributed by atoms with Crippen LogP contribution in [0.5, 0.6) is 5.75 Å². The van der Waals surface area contributed by atoms with Gasteiger partial charge in [0.1, 0.15) is 5.75 Å². The first-order valence-electron chi connectivity index (χ1n) is 3.81. The summed E-state index contributed by atoms with van der Waals surface area (Å²) in [5, 5.41) is 8.81. The van der Waals surface area contributed by atoms with Gasteiger partial charge in [-0.05, 0) is 17.7 Å². The molecule has 76 valence electrons. The van der Waals surface area contributed by atoms with Crippen molar-refractivity contribution in [3.05, 3.63) is 29.8 Å². The Hall–Kier alpha value is -0.372. The van der Waals surface area contributed by atoms with Gasteiger partial charge in [0.15, 0.2) is 0 Å². The third-order valence-corrected chi connectivity index (χ3v) is 1.17. The van der Waals surface area contributed by atoms with Gasteiger partial charge in [-0.25, -0.2) is 0 Å². The SMILES string of the molecule is CC.NCc1ccc(O)cc1.O.[W]. The van der Waals surface area contributed by atoms with Crippen molar-refractivity contribution in [2.24, 2.45) is 5.73 Å². The molecule has 0 atom stereocenters. The molecule has 0 aliphatic heterocycles. The Morgan fingerprint density at radius 2 is 1.54 bits per heavy atom. The molecule has 0 heterocycles. The molecule has 1 aromatic rings. The van der Waals surface area contributed by atoms with Crippen LogP contribution in [0, 0.1) is 0 Å². The van der Waals surface area contributed by atoms with Gasteiger partial charge >= 0.3 is 0 Å². The minimum Gasteiger partial charge on any atom is -0.508 e. The monoisotopic (exact) mass is 355 g/mol. The van der Waals surface area contributed by atoms with Crippen molar-refractivity contribution >= 4 is 0 Å². The maximum atomic E-state index is 8.81. The van der Waals surface area contributed by atoms with Crippen LogP contribution in [-0.2, 0) is 27.6 Å². The molecule has 0 bridgehead atoms. The minimum atomic E-state index is 0. The molecule has 0 radical (unpaired) electrons. The van der Waals surface area contributed by atoms with Gasteiger partial charge in [-0.2, -0.15) is 0 Å². The molecule has 5 N–H and O–H groups in total. The Morgan fingerprint density at radius 3 is 1.85 bits per heavy atom. The van der Waals surface area contributed by atoms with E-state index >= 15 is 0 Å². The average Bonchev–Trinajstić information content (AvgIpc) is 2.10. The summed E-state index contributed by atoms with van der Waals surface area (Å²) in [6, 6.07) is 6.86. The van der Waals surface area contributed by atoms with Gasteiger partial charge in [-0.3, -0.25) is 0 Å². The Bertz CT molecular complexity index is 189. The number of hydrogen-bond donors (Lipinski definition) is 2. The zero-order valence-corrected chi connectivity index (χ0v) is 10.9. The van der Waals surface area contributed by atoms with Crippen molar-refractivity contribution in [2.75, 3.05) is 0 Å². The Balaban J connectivity index is -0.000000234.